The molecule has 1 amide bonds. The fraction of sp³-hybridized carbons (Fsp3) is 0.105. The smallest absolute Gasteiger partial charge is 0.276 e. The van der Waals surface area contributed by atoms with Crippen molar-refractivity contribution in [3.63, 3.8) is 0 Å². The number of nitrogens with zero attached hydrogens (tertiary/aromatic N) is 3. The Morgan fingerprint density at radius 1 is 1.08 bits per heavy atom. The van der Waals surface area contributed by atoms with E-state index in [1.807, 2.05) is 72.3 Å². The third-order valence-corrected chi connectivity index (χ3v) is 4.67. The highest BCUT2D eigenvalue weighted by atomic mass is 32.2. The monoisotopic (exact) mass is 348 g/mol. The molecule has 0 atom stereocenters. The Hall–Kier alpha value is -2.86. The zero-order chi connectivity index (χ0) is 17.4. The van der Waals surface area contributed by atoms with Gasteiger partial charge in [-0.1, -0.05) is 36.0 Å². The van der Waals surface area contributed by atoms with Crippen molar-refractivity contribution in [2.75, 3.05) is 11.6 Å². The number of hydrogen-bond donors (Lipinski definition) is 1. The number of rotatable bonds is 3. The molecule has 0 fully saturated rings. The molecule has 0 saturated carbocycles. The summed E-state index contributed by atoms with van der Waals surface area (Å²) in [5.41, 5.74) is 3.58. The average molecular weight is 348 g/mol. The molecule has 0 aliphatic rings. The molecule has 3 heterocycles. The van der Waals surface area contributed by atoms with Gasteiger partial charge < -0.3 is 5.32 Å². The normalized spacial score (nSPS) is 11.1. The summed E-state index contributed by atoms with van der Waals surface area (Å²) < 4.78 is 1.92. The van der Waals surface area contributed by atoms with Crippen molar-refractivity contribution in [1.29, 1.82) is 0 Å². The quantitative estimate of drug-likeness (QED) is 0.565. The first-order valence-corrected chi connectivity index (χ1v) is 9.08. The third kappa shape index (κ3) is 2.74. The van der Waals surface area contributed by atoms with E-state index in [0.29, 0.717) is 11.4 Å². The van der Waals surface area contributed by atoms with Crippen LogP contribution >= 0.6 is 11.8 Å². The van der Waals surface area contributed by atoms with Crippen molar-refractivity contribution in [1.82, 2.24) is 14.4 Å². The molecular formula is C19H16N4OS. The lowest BCUT2D eigenvalue weighted by atomic mass is 10.1. The largest absolute Gasteiger partial charge is 0.319 e. The van der Waals surface area contributed by atoms with E-state index in [1.165, 1.54) is 11.8 Å². The molecule has 4 rings (SSSR count). The first-order chi connectivity index (χ1) is 12.2. The lowest BCUT2D eigenvalue weighted by molar-refractivity contribution is 0.102. The molecule has 0 radical (unpaired) electrons. The zero-order valence-corrected chi connectivity index (χ0v) is 14.7. The zero-order valence-electron chi connectivity index (χ0n) is 13.9. The lowest BCUT2D eigenvalue weighted by Gasteiger charge is -2.08. The molecule has 124 valence electrons. The van der Waals surface area contributed by atoms with Crippen LogP contribution in [0.2, 0.25) is 0 Å². The van der Waals surface area contributed by atoms with Crippen molar-refractivity contribution in [2.45, 2.75) is 12.1 Å². The van der Waals surface area contributed by atoms with Gasteiger partial charge in [-0.2, -0.15) is 0 Å². The van der Waals surface area contributed by atoms with Gasteiger partial charge in [0.15, 0.2) is 10.9 Å². The number of hydrogen-bond acceptors (Lipinski definition) is 4. The van der Waals surface area contributed by atoms with Crippen LogP contribution in [0.3, 0.4) is 0 Å². The fourth-order valence-corrected chi connectivity index (χ4v) is 3.39. The summed E-state index contributed by atoms with van der Waals surface area (Å²) in [7, 11) is 0. The second kappa shape index (κ2) is 6.22. The van der Waals surface area contributed by atoms with E-state index in [-0.39, 0.29) is 5.91 Å². The number of para-hydroxylation sites is 1. The molecule has 0 aliphatic heterocycles. The highest BCUT2D eigenvalue weighted by Crippen LogP contribution is 2.24. The van der Waals surface area contributed by atoms with Crippen LogP contribution in [0, 0.1) is 6.92 Å². The topological polar surface area (TPSA) is 59.3 Å². The van der Waals surface area contributed by atoms with Crippen molar-refractivity contribution < 1.29 is 4.79 Å². The SMILES string of the molecule is CSc1nc(C(=O)Nc2cccc3ccc(C)nc23)c2ccccn12. The van der Waals surface area contributed by atoms with Crippen molar-refractivity contribution in [3.05, 3.63) is 66.1 Å². The molecule has 6 heteroatoms. The second-order valence-corrected chi connectivity index (χ2v) is 6.46. The number of imidazole rings is 1. The number of fused-ring (bicyclic) bond motifs is 2. The highest BCUT2D eigenvalue weighted by Gasteiger charge is 2.18. The summed E-state index contributed by atoms with van der Waals surface area (Å²) in [6.45, 7) is 1.94. The number of benzene rings is 1. The van der Waals surface area contributed by atoms with Gasteiger partial charge in [-0.15, -0.1) is 0 Å². The Labute approximate surface area is 149 Å². The maximum atomic E-state index is 12.9. The van der Waals surface area contributed by atoms with Gasteiger partial charge in [-0.05, 0) is 37.4 Å². The number of pyridine rings is 2. The van der Waals surface area contributed by atoms with Crippen LogP contribution in [0.5, 0.6) is 0 Å². The minimum Gasteiger partial charge on any atom is -0.319 e. The van der Waals surface area contributed by atoms with E-state index >= 15 is 0 Å². The average Bonchev–Trinajstić information content (AvgIpc) is 3.01. The first kappa shape index (κ1) is 15.7. The van der Waals surface area contributed by atoms with Crippen LogP contribution in [-0.2, 0) is 0 Å². The number of carbonyl (C=O) groups excluding carboxylic acids is 1. The van der Waals surface area contributed by atoms with Crippen LogP contribution in [-0.4, -0.2) is 26.5 Å². The van der Waals surface area contributed by atoms with Crippen molar-refractivity contribution in [2.24, 2.45) is 0 Å². The maximum Gasteiger partial charge on any atom is 0.276 e. The lowest BCUT2D eigenvalue weighted by Crippen LogP contribution is -2.13. The molecule has 1 N–H and O–H groups in total. The standard InChI is InChI=1S/C19H16N4OS/c1-12-9-10-13-6-5-7-14(16(13)20-12)21-18(24)17-15-8-3-4-11-23(15)19(22-17)25-2/h3-11H,1-2H3,(H,21,24). The molecule has 3 aromatic heterocycles. The van der Waals surface area contributed by atoms with Crippen LogP contribution in [0.4, 0.5) is 5.69 Å². The molecule has 25 heavy (non-hydrogen) atoms. The number of carbonyl (C=O) groups is 1. The number of thioether (sulfide) groups is 1. The Morgan fingerprint density at radius 2 is 1.96 bits per heavy atom. The van der Waals surface area contributed by atoms with Crippen molar-refractivity contribution in [3.8, 4) is 0 Å². The van der Waals surface area contributed by atoms with Gasteiger partial charge in [0.1, 0.15) is 0 Å². The Balaban J connectivity index is 1.78. The minimum absolute atomic E-state index is 0.236. The van der Waals surface area contributed by atoms with Crippen LogP contribution in [0.1, 0.15) is 16.2 Å². The van der Waals surface area contributed by atoms with Gasteiger partial charge in [0.25, 0.3) is 5.91 Å². The number of anilines is 1. The molecule has 4 aromatic rings. The van der Waals surface area contributed by atoms with Gasteiger partial charge in [0.05, 0.1) is 16.7 Å². The molecular weight excluding hydrogens is 332 g/mol. The van der Waals surface area contributed by atoms with E-state index in [2.05, 4.69) is 15.3 Å². The highest BCUT2D eigenvalue weighted by molar-refractivity contribution is 7.98. The number of nitrogens with one attached hydrogen (secondary N) is 1. The molecule has 0 bridgehead atoms. The van der Waals surface area contributed by atoms with Gasteiger partial charge in [-0.25, -0.2) is 4.98 Å². The van der Waals surface area contributed by atoms with Crippen LogP contribution < -0.4 is 5.32 Å². The molecule has 0 unspecified atom stereocenters. The number of amides is 1. The van der Waals surface area contributed by atoms with E-state index < -0.39 is 0 Å². The van der Waals surface area contributed by atoms with Crippen molar-refractivity contribution >= 4 is 39.8 Å². The minimum atomic E-state index is -0.236. The fourth-order valence-electron chi connectivity index (χ4n) is 2.85. The van der Waals surface area contributed by atoms with Gasteiger partial charge in [0.2, 0.25) is 0 Å². The molecule has 0 aliphatic carbocycles. The van der Waals surface area contributed by atoms with E-state index in [4.69, 9.17) is 0 Å². The van der Waals surface area contributed by atoms with E-state index in [0.717, 1.165) is 27.3 Å². The summed E-state index contributed by atoms with van der Waals surface area (Å²) in [6.07, 6.45) is 3.86. The molecule has 5 nitrogen and oxygen atoms in total. The van der Waals surface area contributed by atoms with E-state index in [9.17, 15) is 4.79 Å². The summed E-state index contributed by atoms with van der Waals surface area (Å²) in [5, 5.41) is 4.75. The molecule has 1 aromatic carbocycles. The van der Waals surface area contributed by atoms with Crippen LogP contribution in [0.25, 0.3) is 16.4 Å². The van der Waals surface area contributed by atoms with Gasteiger partial charge in [-0.3, -0.25) is 14.2 Å². The van der Waals surface area contributed by atoms with Gasteiger partial charge >= 0.3 is 0 Å². The maximum absolute atomic E-state index is 12.9. The summed E-state index contributed by atoms with van der Waals surface area (Å²) >= 11 is 1.51. The summed E-state index contributed by atoms with van der Waals surface area (Å²) in [6, 6.07) is 15.4. The van der Waals surface area contributed by atoms with E-state index in [1.54, 1.807) is 0 Å². The predicted octanol–water partition coefficient (Wildman–Crippen LogP) is 4.17. The Morgan fingerprint density at radius 3 is 2.80 bits per heavy atom. The Kier molecular flexibility index (Phi) is 3.89. The number of aromatic nitrogens is 3. The summed E-state index contributed by atoms with van der Waals surface area (Å²) in [4.78, 5) is 21.9. The summed E-state index contributed by atoms with van der Waals surface area (Å²) in [5.74, 6) is -0.236. The first-order valence-electron chi connectivity index (χ1n) is 7.86. The molecule has 0 spiro atoms. The molecule has 0 saturated heterocycles. The van der Waals surface area contributed by atoms with Gasteiger partial charge in [0, 0.05) is 17.3 Å². The van der Waals surface area contributed by atoms with Crippen LogP contribution in [0.15, 0.2) is 59.9 Å². The third-order valence-electron chi connectivity index (χ3n) is 4.02. The Bertz CT molecular complexity index is 1100. The number of aryl methyl sites for hydroxylation is 1. The predicted molar refractivity (Wildman–Crippen MR) is 101 cm³/mol. The second-order valence-electron chi connectivity index (χ2n) is 5.69.